The van der Waals surface area contributed by atoms with Gasteiger partial charge in [0.2, 0.25) is 0 Å². The molecule has 1 amide bonds. The number of hydrogen-bond acceptors (Lipinski definition) is 4. The van der Waals surface area contributed by atoms with Crippen LogP contribution in [-0.2, 0) is 9.53 Å². The van der Waals surface area contributed by atoms with Crippen molar-refractivity contribution in [3.63, 3.8) is 0 Å². The van der Waals surface area contributed by atoms with Crippen LogP contribution >= 0.6 is 0 Å². The van der Waals surface area contributed by atoms with Gasteiger partial charge in [-0.15, -0.1) is 0 Å². The maximum absolute atomic E-state index is 11.0. The van der Waals surface area contributed by atoms with E-state index in [2.05, 4.69) is 10.9 Å². The Bertz CT molecular complexity index is 186. The fourth-order valence-corrected chi connectivity index (χ4v) is 0.510. The minimum Gasteiger partial charge on any atom is -0.443 e. The van der Waals surface area contributed by atoms with Crippen LogP contribution in [0.1, 0.15) is 27.7 Å². The number of aldehydes is 1. The summed E-state index contributed by atoms with van der Waals surface area (Å²) in [4.78, 5) is 21.1. The van der Waals surface area contributed by atoms with E-state index in [-0.39, 0.29) is 0 Å². The Kier molecular flexibility index (Phi) is 4.40. The van der Waals surface area contributed by atoms with Crippen molar-refractivity contribution in [2.24, 2.45) is 0 Å². The van der Waals surface area contributed by atoms with Crippen LogP contribution in [0.15, 0.2) is 0 Å². The van der Waals surface area contributed by atoms with Gasteiger partial charge in [-0.2, -0.15) is 0 Å². The summed E-state index contributed by atoms with van der Waals surface area (Å²) in [5, 5.41) is 0. The molecule has 0 radical (unpaired) electrons. The first-order valence-electron chi connectivity index (χ1n) is 4.05. The Morgan fingerprint density at radius 3 is 2.38 bits per heavy atom. The maximum Gasteiger partial charge on any atom is 0.422 e. The summed E-state index contributed by atoms with van der Waals surface area (Å²) in [7, 11) is 0. The van der Waals surface area contributed by atoms with Crippen LogP contribution in [0.4, 0.5) is 4.79 Å². The number of carbonyl (C=O) groups is 2. The molecule has 0 fully saturated rings. The molecule has 0 aromatic rings. The van der Waals surface area contributed by atoms with Gasteiger partial charge >= 0.3 is 6.09 Å². The molecule has 0 saturated carbocycles. The first-order valence-corrected chi connectivity index (χ1v) is 4.05. The summed E-state index contributed by atoms with van der Waals surface area (Å²) in [5.41, 5.74) is 4.18. The molecule has 5 heteroatoms. The van der Waals surface area contributed by atoms with E-state index < -0.39 is 17.7 Å². The molecule has 0 rings (SSSR count). The summed E-state index contributed by atoms with van der Waals surface area (Å²) in [6.07, 6.45) is 0.0818. The molecule has 1 unspecified atom stereocenters. The highest BCUT2D eigenvalue weighted by molar-refractivity contribution is 5.67. The fourth-order valence-electron chi connectivity index (χ4n) is 0.510. The van der Waals surface area contributed by atoms with Crippen molar-refractivity contribution in [1.82, 2.24) is 10.9 Å². The predicted molar refractivity (Wildman–Crippen MR) is 48.0 cm³/mol. The second-order valence-corrected chi connectivity index (χ2v) is 3.70. The Morgan fingerprint density at radius 2 is 2.00 bits per heavy atom. The van der Waals surface area contributed by atoms with E-state index in [9.17, 15) is 9.59 Å². The van der Waals surface area contributed by atoms with Crippen molar-refractivity contribution < 1.29 is 14.3 Å². The summed E-state index contributed by atoms with van der Waals surface area (Å²) in [5.74, 6) is 0. The first kappa shape index (κ1) is 11.9. The summed E-state index contributed by atoms with van der Waals surface area (Å²) < 4.78 is 4.90. The molecule has 1 atom stereocenters. The number of nitrogens with one attached hydrogen (secondary N) is 2. The minimum absolute atomic E-state index is 0.424. The van der Waals surface area contributed by atoms with E-state index in [0.29, 0.717) is 6.29 Å². The van der Waals surface area contributed by atoms with Crippen LogP contribution in [0.5, 0.6) is 0 Å². The van der Waals surface area contributed by atoms with E-state index in [1.165, 1.54) is 0 Å². The maximum atomic E-state index is 11.0. The highest BCUT2D eigenvalue weighted by Crippen LogP contribution is 2.05. The number of hydrogen-bond donors (Lipinski definition) is 2. The lowest BCUT2D eigenvalue weighted by molar-refractivity contribution is -0.109. The Hall–Kier alpha value is -1.10. The molecule has 0 bridgehead atoms. The zero-order valence-electron chi connectivity index (χ0n) is 8.38. The molecule has 0 heterocycles. The number of ether oxygens (including phenoxy) is 1. The van der Waals surface area contributed by atoms with E-state index in [1.807, 2.05) is 0 Å². The van der Waals surface area contributed by atoms with Crippen LogP contribution in [0.2, 0.25) is 0 Å². The molecule has 0 saturated heterocycles. The topological polar surface area (TPSA) is 67.4 Å². The second kappa shape index (κ2) is 4.81. The van der Waals surface area contributed by atoms with E-state index in [0.717, 1.165) is 0 Å². The van der Waals surface area contributed by atoms with Crippen molar-refractivity contribution in [2.75, 3.05) is 0 Å². The molecule has 0 aliphatic heterocycles. The number of rotatable bonds is 3. The molecule has 0 aliphatic carbocycles. The van der Waals surface area contributed by atoms with Crippen LogP contribution in [0, 0.1) is 0 Å². The lowest BCUT2D eigenvalue weighted by Crippen LogP contribution is -2.45. The van der Waals surface area contributed by atoms with Crippen LogP contribution in [0.25, 0.3) is 0 Å². The standard InChI is InChI=1S/C8H16N2O3/c1-6(5-11)9-10-7(12)13-8(2,3)4/h5-6,9H,1-4H3,(H,10,12). The fraction of sp³-hybridized carbons (Fsp3) is 0.750. The average molecular weight is 188 g/mol. The summed E-state index contributed by atoms with van der Waals surface area (Å²) >= 11 is 0. The largest absolute Gasteiger partial charge is 0.443 e. The zero-order valence-corrected chi connectivity index (χ0v) is 8.38. The van der Waals surface area contributed by atoms with Gasteiger partial charge < -0.3 is 9.53 Å². The second-order valence-electron chi connectivity index (χ2n) is 3.70. The van der Waals surface area contributed by atoms with Crippen molar-refractivity contribution in [3.8, 4) is 0 Å². The summed E-state index contributed by atoms with van der Waals surface area (Å²) in [6.45, 7) is 6.89. The van der Waals surface area contributed by atoms with Crippen LogP contribution in [0.3, 0.4) is 0 Å². The number of carbonyl (C=O) groups excluding carboxylic acids is 2. The van der Waals surface area contributed by atoms with Gasteiger partial charge in [-0.1, -0.05) is 0 Å². The average Bonchev–Trinajstić information content (AvgIpc) is 1.97. The highest BCUT2D eigenvalue weighted by atomic mass is 16.6. The minimum atomic E-state index is -0.596. The lowest BCUT2D eigenvalue weighted by atomic mass is 10.2. The van der Waals surface area contributed by atoms with E-state index in [4.69, 9.17) is 4.74 Å². The molecular formula is C8H16N2O3. The Morgan fingerprint density at radius 1 is 1.46 bits per heavy atom. The smallest absolute Gasteiger partial charge is 0.422 e. The molecule has 0 aromatic heterocycles. The monoisotopic (exact) mass is 188 g/mol. The van der Waals surface area contributed by atoms with Crippen LogP contribution in [-0.4, -0.2) is 24.0 Å². The third kappa shape index (κ3) is 7.27. The van der Waals surface area contributed by atoms with Gasteiger partial charge in [0.05, 0.1) is 6.04 Å². The van der Waals surface area contributed by atoms with Crippen LogP contribution < -0.4 is 10.9 Å². The zero-order chi connectivity index (χ0) is 10.5. The summed E-state index contributed by atoms with van der Waals surface area (Å²) in [6, 6.07) is -0.424. The van der Waals surface area contributed by atoms with Crippen molar-refractivity contribution in [1.29, 1.82) is 0 Å². The molecule has 13 heavy (non-hydrogen) atoms. The molecular weight excluding hydrogens is 172 g/mol. The first-order chi connectivity index (χ1) is 5.85. The van der Waals surface area contributed by atoms with Gasteiger partial charge in [-0.3, -0.25) is 5.43 Å². The Balaban J connectivity index is 3.70. The van der Waals surface area contributed by atoms with Gasteiger partial charge in [0.15, 0.2) is 0 Å². The highest BCUT2D eigenvalue weighted by Gasteiger charge is 2.15. The lowest BCUT2D eigenvalue weighted by Gasteiger charge is -2.20. The molecule has 5 nitrogen and oxygen atoms in total. The van der Waals surface area contributed by atoms with Gasteiger partial charge in [-0.25, -0.2) is 10.2 Å². The van der Waals surface area contributed by atoms with Crippen molar-refractivity contribution in [2.45, 2.75) is 39.3 Å². The molecule has 0 aliphatic rings. The Labute approximate surface area is 77.8 Å². The van der Waals surface area contributed by atoms with Crippen molar-refractivity contribution >= 4 is 12.4 Å². The molecule has 76 valence electrons. The van der Waals surface area contributed by atoms with Gasteiger partial charge in [0, 0.05) is 0 Å². The third-order valence-electron chi connectivity index (χ3n) is 1.00. The molecule has 0 spiro atoms. The van der Waals surface area contributed by atoms with E-state index >= 15 is 0 Å². The number of hydrazine groups is 1. The van der Waals surface area contributed by atoms with Crippen molar-refractivity contribution in [3.05, 3.63) is 0 Å². The number of amides is 1. The molecule has 2 N–H and O–H groups in total. The quantitative estimate of drug-likeness (QED) is 0.503. The normalized spacial score (nSPS) is 13.2. The SMILES string of the molecule is CC(C=O)NNC(=O)OC(C)(C)C. The van der Waals surface area contributed by atoms with Gasteiger partial charge in [0.25, 0.3) is 0 Å². The van der Waals surface area contributed by atoms with E-state index in [1.54, 1.807) is 27.7 Å². The van der Waals surface area contributed by atoms with Gasteiger partial charge in [0.1, 0.15) is 11.9 Å². The predicted octanol–water partition coefficient (Wildman–Crippen LogP) is 0.603. The van der Waals surface area contributed by atoms with Gasteiger partial charge in [-0.05, 0) is 27.7 Å². The third-order valence-corrected chi connectivity index (χ3v) is 1.00. The molecule has 0 aromatic carbocycles.